The van der Waals surface area contributed by atoms with Crippen molar-refractivity contribution in [2.24, 2.45) is 0 Å². The van der Waals surface area contributed by atoms with Gasteiger partial charge in [-0.2, -0.15) is 13.2 Å². The number of carbonyl (C=O) groups excluding carboxylic acids is 2. The summed E-state index contributed by atoms with van der Waals surface area (Å²) >= 11 is 0. The van der Waals surface area contributed by atoms with Gasteiger partial charge in [0.2, 0.25) is 5.91 Å². The number of benzene rings is 1. The van der Waals surface area contributed by atoms with Gasteiger partial charge in [-0.1, -0.05) is 6.07 Å². The van der Waals surface area contributed by atoms with Gasteiger partial charge in [0.15, 0.2) is 0 Å². The minimum Gasteiger partial charge on any atom is -0.378 e. The lowest BCUT2D eigenvalue weighted by Gasteiger charge is -2.31. The summed E-state index contributed by atoms with van der Waals surface area (Å²) in [5, 5.41) is 0. The molecule has 0 bridgehead atoms. The van der Waals surface area contributed by atoms with Crippen molar-refractivity contribution in [1.82, 2.24) is 4.90 Å². The molecule has 3 aliphatic heterocycles. The summed E-state index contributed by atoms with van der Waals surface area (Å²) in [6.45, 7) is 3.16. The Bertz CT molecular complexity index is 777. The van der Waals surface area contributed by atoms with Crippen LogP contribution >= 0.6 is 0 Å². The van der Waals surface area contributed by atoms with E-state index in [0.717, 1.165) is 30.0 Å². The van der Waals surface area contributed by atoms with Crippen LogP contribution in [0.1, 0.15) is 18.4 Å². The number of hydrogen-bond acceptors (Lipinski definition) is 4. The van der Waals surface area contributed by atoms with Crippen LogP contribution in [0.15, 0.2) is 18.2 Å². The minimum atomic E-state index is -4.96. The van der Waals surface area contributed by atoms with Gasteiger partial charge in [-0.05, 0) is 37.0 Å². The third-order valence-electron chi connectivity index (χ3n) is 5.65. The number of rotatable bonds is 2. The van der Waals surface area contributed by atoms with Gasteiger partial charge < -0.3 is 19.4 Å². The second kappa shape index (κ2) is 7.27. The number of nitrogens with zero attached hydrogens (tertiary/aromatic N) is 3. The SMILES string of the molecule is O=C(C1CCCN1C(=O)C(F)(F)F)N1CCc2ccc(N3CCOCC3)cc21. The zero-order chi connectivity index (χ0) is 19.9. The highest BCUT2D eigenvalue weighted by atomic mass is 19.4. The number of anilines is 2. The Hall–Kier alpha value is -2.29. The Morgan fingerprint density at radius 1 is 1.07 bits per heavy atom. The average Bonchev–Trinajstić information content (AvgIpc) is 3.33. The fourth-order valence-corrected chi connectivity index (χ4v) is 4.22. The highest BCUT2D eigenvalue weighted by Crippen LogP contribution is 2.35. The van der Waals surface area contributed by atoms with Crippen molar-refractivity contribution in [2.45, 2.75) is 31.5 Å². The number of alkyl halides is 3. The summed E-state index contributed by atoms with van der Waals surface area (Å²) in [5.41, 5.74) is 2.70. The van der Waals surface area contributed by atoms with Crippen molar-refractivity contribution in [1.29, 1.82) is 0 Å². The van der Waals surface area contributed by atoms with E-state index >= 15 is 0 Å². The largest absolute Gasteiger partial charge is 0.471 e. The predicted octanol–water partition coefficient (Wildman–Crippen LogP) is 1.97. The first-order chi connectivity index (χ1) is 13.4. The van der Waals surface area contributed by atoms with Crippen molar-refractivity contribution in [3.8, 4) is 0 Å². The smallest absolute Gasteiger partial charge is 0.378 e. The molecule has 2 saturated heterocycles. The summed E-state index contributed by atoms with van der Waals surface area (Å²) in [5.74, 6) is -2.35. The zero-order valence-corrected chi connectivity index (χ0v) is 15.4. The first-order valence-electron chi connectivity index (χ1n) is 9.51. The van der Waals surface area contributed by atoms with E-state index in [1.165, 1.54) is 0 Å². The number of halogens is 3. The molecule has 6 nitrogen and oxygen atoms in total. The Balaban J connectivity index is 1.56. The van der Waals surface area contributed by atoms with Gasteiger partial charge in [0.1, 0.15) is 6.04 Å². The highest BCUT2D eigenvalue weighted by molar-refractivity contribution is 6.01. The molecule has 2 fully saturated rings. The Morgan fingerprint density at radius 2 is 1.82 bits per heavy atom. The number of amides is 2. The normalized spacial score (nSPS) is 22.5. The van der Waals surface area contributed by atoms with Crippen molar-refractivity contribution >= 4 is 23.2 Å². The first-order valence-corrected chi connectivity index (χ1v) is 9.51. The molecule has 0 N–H and O–H groups in total. The maximum absolute atomic E-state index is 13.1. The summed E-state index contributed by atoms with van der Waals surface area (Å²) in [6.07, 6.45) is -3.65. The molecule has 9 heteroatoms. The minimum absolute atomic E-state index is 0.0384. The van der Waals surface area contributed by atoms with Gasteiger partial charge in [0.05, 0.1) is 13.2 Å². The maximum Gasteiger partial charge on any atom is 0.471 e. The molecule has 1 atom stereocenters. The molecule has 0 radical (unpaired) electrons. The van der Waals surface area contributed by atoms with Crippen LogP contribution in [-0.4, -0.2) is 68.3 Å². The molecule has 3 heterocycles. The van der Waals surface area contributed by atoms with E-state index in [2.05, 4.69) is 4.90 Å². The molecule has 1 aromatic rings. The summed E-state index contributed by atoms with van der Waals surface area (Å²) in [7, 11) is 0. The van der Waals surface area contributed by atoms with Crippen LogP contribution < -0.4 is 9.80 Å². The number of hydrogen-bond donors (Lipinski definition) is 0. The van der Waals surface area contributed by atoms with Gasteiger partial charge in [-0.25, -0.2) is 0 Å². The van der Waals surface area contributed by atoms with Crippen molar-refractivity contribution < 1.29 is 27.5 Å². The van der Waals surface area contributed by atoms with E-state index in [4.69, 9.17) is 4.74 Å². The second-order valence-electron chi connectivity index (χ2n) is 7.31. The highest BCUT2D eigenvalue weighted by Gasteiger charge is 2.48. The van der Waals surface area contributed by atoms with E-state index in [0.29, 0.717) is 37.5 Å². The van der Waals surface area contributed by atoms with Gasteiger partial charge in [0, 0.05) is 37.6 Å². The second-order valence-corrected chi connectivity index (χ2v) is 7.31. The molecule has 0 spiro atoms. The van der Waals surface area contributed by atoms with Gasteiger partial charge >= 0.3 is 12.1 Å². The molecule has 1 aromatic carbocycles. The molecule has 28 heavy (non-hydrogen) atoms. The molecule has 4 rings (SSSR count). The number of carbonyl (C=O) groups is 2. The first kappa shape index (κ1) is 19.0. The third-order valence-corrected chi connectivity index (χ3v) is 5.65. The predicted molar refractivity (Wildman–Crippen MR) is 96.3 cm³/mol. The molecular weight excluding hydrogens is 375 g/mol. The average molecular weight is 397 g/mol. The molecule has 1 unspecified atom stereocenters. The molecule has 2 amide bonds. The van der Waals surface area contributed by atoms with E-state index in [1.54, 1.807) is 4.90 Å². The van der Waals surface area contributed by atoms with E-state index in [9.17, 15) is 22.8 Å². The molecule has 3 aliphatic rings. The maximum atomic E-state index is 13.1. The van der Waals surface area contributed by atoms with E-state index in [1.807, 2.05) is 18.2 Å². The fraction of sp³-hybridized carbons (Fsp3) is 0.579. The van der Waals surface area contributed by atoms with Crippen LogP contribution in [0.25, 0.3) is 0 Å². The Labute approximate surface area is 160 Å². The monoisotopic (exact) mass is 397 g/mol. The van der Waals surface area contributed by atoms with E-state index in [-0.39, 0.29) is 13.0 Å². The standard InChI is InChI=1S/C19H22F3N3O3/c20-19(21,22)18(27)25-6-1-2-15(25)17(26)24-7-5-13-3-4-14(12-16(13)24)23-8-10-28-11-9-23/h3-4,12,15H,1-2,5-11H2. The van der Waals surface area contributed by atoms with Crippen LogP contribution in [0.3, 0.4) is 0 Å². The molecular formula is C19H22F3N3O3. The lowest BCUT2D eigenvalue weighted by molar-refractivity contribution is -0.186. The summed E-state index contributed by atoms with van der Waals surface area (Å²) in [4.78, 5) is 29.2. The molecule has 0 saturated carbocycles. The Morgan fingerprint density at radius 3 is 2.54 bits per heavy atom. The lowest BCUT2D eigenvalue weighted by Crippen LogP contribution is -2.51. The van der Waals surface area contributed by atoms with Gasteiger partial charge in [0.25, 0.3) is 0 Å². The van der Waals surface area contributed by atoms with Gasteiger partial charge in [-0.3, -0.25) is 9.59 Å². The number of fused-ring (bicyclic) bond motifs is 1. The lowest BCUT2D eigenvalue weighted by atomic mass is 10.1. The number of morpholine rings is 1. The topological polar surface area (TPSA) is 53.1 Å². The molecule has 0 aliphatic carbocycles. The van der Waals surface area contributed by atoms with Crippen molar-refractivity contribution in [3.05, 3.63) is 23.8 Å². The van der Waals surface area contributed by atoms with Crippen molar-refractivity contribution in [2.75, 3.05) is 49.2 Å². The van der Waals surface area contributed by atoms with E-state index < -0.39 is 24.0 Å². The number of likely N-dealkylation sites (tertiary alicyclic amines) is 1. The van der Waals surface area contributed by atoms with Crippen LogP contribution in [0, 0.1) is 0 Å². The third kappa shape index (κ3) is 3.43. The van der Waals surface area contributed by atoms with Crippen LogP contribution in [0.5, 0.6) is 0 Å². The number of ether oxygens (including phenoxy) is 1. The zero-order valence-electron chi connectivity index (χ0n) is 15.4. The van der Waals surface area contributed by atoms with Gasteiger partial charge in [-0.15, -0.1) is 0 Å². The van der Waals surface area contributed by atoms with Crippen LogP contribution in [0.4, 0.5) is 24.5 Å². The van der Waals surface area contributed by atoms with Crippen molar-refractivity contribution in [3.63, 3.8) is 0 Å². The Kier molecular flexibility index (Phi) is 4.95. The van der Waals surface area contributed by atoms with Crippen LogP contribution in [-0.2, 0) is 20.7 Å². The fourth-order valence-electron chi connectivity index (χ4n) is 4.22. The molecule has 0 aromatic heterocycles. The summed E-state index contributed by atoms with van der Waals surface area (Å²) in [6, 6.07) is 4.86. The molecule has 152 valence electrons. The quantitative estimate of drug-likeness (QED) is 0.766. The van der Waals surface area contributed by atoms with Crippen LogP contribution in [0.2, 0.25) is 0 Å². The summed E-state index contributed by atoms with van der Waals surface area (Å²) < 4.78 is 44.0.